The van der Waals surface area contributed by atoms with Crippen molar-refractivity contribution < 1.29 is 9.18 Å². The van der Waals surface area contributed by atoms with Crippen LogP contribution in [-0.4, -0.2) is 18.0 Å². The topological polar surface area (TPSA) is 55.1 Å². The highest BCUT2D eigenvalue weighted by atomic mass is 79.9. The predicted octanol–water partition coefficient (Wildman–Crippen LogP) is 2.84. The summed E-state index contributed by atoms with van der Waals surface area (Å²) >= 11 is 3.19. The Morgan fingerprint density at radius 1 is 1.44 bits per heavy atom. The third kappa shape index (κ3) is 3.29. The summed E-state index contributed by atoms with van der Waals surface area (Å²) in [5, 5.41) is 2.94. The van der Waals surface area contributed by atoms with Crippen LogP contribution in [0.5, 0.6) is 0 Å². The van der Waals surface area contributed by atoms with Gasteiger partial charge in [0.15, 0.2) is 0 Å². The summed E-state index contributed by atoms with van der Waals surface area (Å²) in [6.07, 6.45) is 1.51. The summed E-state index contributed by atoms with van der Waals surface area (Å²) in [5.74, 6) is -0.620. The fraction of sp³-hybridized carbons (Fsp3) is 0.462. The summed E-state index contributed by atoms with van der Waals surface area (Å²) in [4.78, 5) is 12.1. The van der Waals surface area contributed by atoms with Crippen molar-refractivity contribution >= 4 is 21.8 Å². The predicted molar refractivity (Wildman–Crippen MR) is 73.9 cm³/mol. The Morgan fingerprint density at radius 3 is 2.50 bits per heavy atom. The van der Waals surface area contributed by atoms with Gasteiger partial charge in [0.1, 0.15) is 5.82 Å². The van der Waals surface area contributed by atoms with E-state index in [-0.39, 0.29) is 11.7 Å². The monoisotopic (exact) mass is 316 g/mol. The second-order valence-corrected chi connectivity index (χ2v) is 5.12. The van der Waals surface area contributed by atoms with E-state index in [1.165, 1.54) is 18.2 Å². The lowest BCUT2D eigenvalue weighted by atomic mass is 9.92. The summed E-state index contributed by atoms with van der Waals surface area (Å²) in [5.41, 5.74) is 5.75. The van der Waals surface area contributed by atoms with E-state index in [9.17, 15) is 9.18 Å². The van der Waals surface area contributed by atoms with E-state index in [4.69, 9.17) is 5.73 Å². The molecule has 0 bridgehead atoms. The molecule has 0 aromatic heterocycles. The normalized spacial score (nSPS) is 11.4. The molecule has 5 heteroatoms. The van der Waals surface area contributed by atoms with Gasteiger partial charge in [-0.3, -0.25) is 4.79 Å². The van der Waals surface area contributed by atoms with E-state index in [2.05, 4.69) is 21.2 Å². The minimum absolute atomic E-state index is 0.240. The number of amides is 1. The highest BCUT2D eigenvalue weighted by molar-refractivity contribution is 9.10. The smallest absolute Gasteiger partial charge is 0.252 e. The molecule has 1 rings (SSSR count). The van der Waals surface area contributed by atoms with Crippen molar-refractivity contribution in [3.05, 3.63) is 34.1 Å². The number of hydrogen-bond acceptors (Lipinski definition) is 2. The van der Waals surface area contributed by atoms with Gasteiger partial charge in [0.2, 0.25) is 0 Å². The molecule has 0 radical (unpaired) electrons. The number of nitrogens with one attached hydrogen (secondary N) is 1. The quantitative estimate of drug-likeness (QED) is 0.877. The number of hydrogen-bond donors (Lipinski definition) is 2. The average molecular weight is 317 g/mol. The highest BCUT2D eigenvalue weighted by Gasteiger charge is 2.27. The molecule has 3 N–H and O–H groups in total. The molecule has 1 amide bonds. The SMILES string of the molecule is CCC(CC)(CN)NC(=O)c1ccc(F)cc1Br. The van der Waals surface area contributed by atoms with Gasteiger partial charge < -0.3 is 11.1 Å². The Kier molecular flexibility index (Phi) is 5.28. The molecule has 3 nitrogen and oxygen atoms in total. The van der Waals surface area contributed by atoms with E-state index < -0.39 is 5.54 Å². The first kappa shape index (κ1) is 15.1. The molecule has 100 valence electrons. The van der Waals surface area contributed by atoms with E-state index in [0.717, 1.165) is 12.8 Å². The zero-order valence-electron chi connectivity index (χ0n) is 10.6. The lowest BCUT2D eigenvalue weighted by Gasteiger charge is -2.31. The van der Waals surface area contributed by atoms with Crippen molar-refractivity contribution in [2.75, 3.05) is 6.54 Å². The molecular weight excluding hydrogens is 299 g/mol. The van der Waals surface area contributed by atoms with Gasteiger partial charge in [-0.25, -0.2) is 4.39 Å². The second-order valence-electron chi connectivity index (χ2n) is 4.27. The van der Waals surface area contributed by atoms with E-state index in [0.29, 0.717) is 16.6 Å². The standard InChI is InChI=1S/C13H18BrFN2O/c1-3-13(4-2,8-16)17-12(18)10-6-5-9(15)7-11(10)14/h5-7H,3-4,8,16H2,1-2H3,(H,17,18). The lowest BCUT2D eigenvalue weighted by molar-refractivity contribution is 0.0894. The maximum absolute atomic E-state index is 13.0. The molecule has 0 saturated heterocycles. The van der Waals surface area contributed by atoms with Gasteiger partial charge in [-0.2, -0.15) is 0 Å². The fourth-order valence-corrected chi connectivity index (χ4v) is 2.28. The summed E-state index contributed by atoms with van der Waals surface area (Å²) in [6.45, 7) is 4.34. The van der Waals surface area contributed by atoms with Crippen LogP contribution >= 0.6 is 15.9 Å². The number of rotatable bonds is 5. The van der Waals surface area contributed by atoms with Crippen LogP contribution < -0.4 is 11.1 Å². The first-order valence-electron chi connectivity index (χ1n) is 5.95. The summed E-state index contributed by atoms with van der Waals surface area (Å²) in [6, 6.07) is 4.00. The van der Waals surface area contributed by atoms with E-state index in [1.54, 1.807) is 0 Å². The highest BCUT2D eigenvalue weighted by Crippen LogP contribution is 2.20. The van der Waals surface area contributed by atoms with Gasteiger partial charge in [0.25, 0.3) is 5.91 Å². The number of carbonyl (C=O) groups excluding carboxylic acids is 1. The lowest BCUT2D eigenvalue weighted by Crippen LogP contribution is -2.52. The van der Waals surface area contributed by atoms with E-state index >= 15 is 0 Å². The molecule has 0 saturated carbocycles. The van der Waals surface area contributed by atoms with Crippen molar-refractivity contribution in [1.29, 1.82) is 0 Å². The van der Waals surface area contributed by atoms with Crippen molar-refractivity contribution in [3.8, 4) is 0 Å². The van der Waals surface area contributed by atoms with Crippen LogP contribution in [0, 0.1) is 5.82 Å². The van der Waals surface area contributed by atoms with Crippen LogP contribution in [0.4, 0.5) is 4.39 Å². The Balaban J connectivity index is 2.94. The Bertz CT molecular complexity index is 425. The molecular formula is C13H18BrFN2O. The molecule has 0 fully saturated rings. The zero-order valence-corrected chi connectivity index (χ0v) is 12.2. The van der Waals surface area contributed by atoms with Gasteiger partial charge in [-0.1, -0.05) is 13.8 Å². The van der Waals surface area contributed by atoms with Crippen LogP contribution in [-0.2, 0) is 0 Å². The van der Waals surface area contributed by atoms with Crippen LogP contribution in [0.1, 0.15) is 37.0 Å². The largest absolute Gasteiger partial charge is 0.345 e. The maximum Gasteiger partial charge on any atom is 0.252 e. The van der Waals surface area contributed by atoms with Crippen molar-refractivity contribution in [3.63, 3.8) is 0 Å². The summed E-state index contributed by atoms with van der Waals surface area (Å²) < 4.78 is 13.4. The number of carbonyl (C=O) groups is 1. The zero-order chi connectivity index (χ0) is 13.8. The van der Waals surface area contributed by atoms with Gasteiger partial charge in [0.05, 0.1) is 11.1 Å². The molecule has 0 aliphatic carbocycles. The number of benzene rings is 1. The Morgan fingerprint density at radius 2 is 2.06 bits per heavy atom. The van der Waals surface area contributed by atoms with Crippen molar-refractivity contribution in [2.24, 2.45) is 5.73 Å². The first-order valence-corrected chi connectivity index (χ1v) is 6.75. The molecule has 0 heterocycles. The minimum Gasteiger partial charge on any atom is -0.345 e. The third-order valence-corrected chi connectivity index (χ3v) is 3.95. The number of nitrogens with two attached hydrogens (primary N) is 1. The molecule has 0 aliphatic heterocycles. The molecule has 0 atom stereocenters. The van der Waals surface area contributed by atoms with Crippen LogP contribution in [0.2, 0.25) is 0 Å². The molecule has 0 spiro atoms. The molecule has 0 aliphatic rings. The second kappa shape index (κ2) is 6.29. The minimum atomic E-state index is -0.398. The number of halogens is 2. The maximum atomic E-state index is 13.0. The summed E-state index contributed by atoms with van der Waals surface area (Å²) in [7, 11) is 0. The first-order chi connectivity index (χ1) is 8.48. The fourth-order valence-electron chi connectivity index (χ4n) is 1.75. The van der Waals surface area contributed by atoms with Crippen LogP contribution in [0.3, 0.4) is 0 Å². The van der Waals surface area contributed by atoms with Gasteiger partial charge in [-0.15, -0.1) is 0 Å². The molecule has 18 heavy (non-hydrogen) atoms. The van der Waals surface area contributed by atoms with Crippen LogP contribution in [0.25, 0.3) is 0 Å². The van der Waals surface area contributed by atoms with Crippen molar-refractivity contribution in [1.82, 2.24) is 5.32 Å². The average Bonchev–Trinajstić information content (AvgIpc) is 2.36. The molecule has 1 aromatic rings. The Hall–Kier alpha value is -0.940. The molecule has 1 aromatic carbocycles. The Labute approximate surface area is 115 Å². The van der Waals surface area contributed by atoms with Crippen LogP contribution in [0.15, 0.2) is 22.7 Å². The van der Waals surface area contributed by atoms with E-state index in [1.807, 2.05) is 13.8 Å². The van der Waals surface area contributed by atoms with Gasteiger partial charge >= 0.3 is 0 Å². The molecule has 0 unspecified atom stereocenters. The van der Waals surface area contributed by atoms with Gasteiger partial charge in [0, 0.05) is 11.0 Å². The van der Waals surface area contributed by atoms with Gasteiger partial charge in [-0.05, 0) is 47.0 Å². The third-order valence-electron chi connectivity index (χ3n) is 3.30. The van der Waals surface area contributed by atoms with Crippen molar-refractivity contribution in [2.45, 2.75) is 32.2 Å².